The highest BCUT2D eigenvalue weighted by Crippen LogP contribution is 2.60. The number of nitrogens with zero attached hydrogens (tertiary/aromatic N) is 1. The number of methoxy groups -OCH3 is 1. The molecule has 4 fully saturated rings. The Labute approximate surface area is 167 Å². The third-order valence-electron chi connectivity index (χ3n) is 7.78. The maximum Gasteiger partial charge on any atom is 0.145 e. The molecule has 0 atom stereocenters. The zero-order chi connectivity index (χ0) is 19.7. The smallest absolute Gasteiger partial charge is 0.145 e. The summed E-state index contributed by atoms with van der Waals surface area (Å²) in [6.45, 7) is 4.29. The van der Waals surface area contributed by atoms with E-state index in [4.69, 9.17) is 15.5 Å². The predicted molar refractivity (Wildman–Crippen MR) is 112 cm³/mol. The molecule has 4 bridgehead atoms. The fraction of sp³-hybridized carbons (Fsp3) is 0.667. The van der Waals surface area contributed by atoms with Crippen LogP contribution < -0.4 is 10.5 Å². The second-order valence-corrected chi connectivity index (χ2v) is 10.6. The van der Waals surface area contributed by atoms with E-state index in [9.17, 15) is 4.79 Å². The molecule has 1 aromatic rings. The minimum atomic E-state index is -0.203. The summed E-state index contributed by atoms with van der Waals surface area (Å²) in [6.07, 6.45) is 8.73. The summed E-state index contributed by atoms with van der Waals surface area (Å²) in [5, 5.41) is 0. The molecular formula is C24H32N2O2. The van der Waals surface area contributed by atoms with Crippen molar-refractivity contribution in [3.8, 4) is 5.75 Å². The van der Waals surface area contributed by atoms with E-state index in [2.05, 4.69) is 13.8 Å². The minimum Gasteiger partial charge on any atom is -0.495 e. The molecule has 6 rings (SSSR count). The van der Waals surface area contributed by atoms with Crippen molar-refractivity contribution in [3.05, 3.63) is 23.3 Å². The van der Waals surface area contributed by atoms with Crippen LogP contribution in [0.25, 0.3) is 0 Å². The quantitative estimate of drug-likeness (QED) is 0.778. The summed E-state index contributed by atoms with van der Waals surface area (Å²) < 4.78 is 5.43. The van der Waals surface area contributed by atoms with E-state index in [0.717, 1.165) is 54.7 Å². The molecule has 4 aliphatic carbocycles. The first-order chi connectivity index (χ1) is 13.3. The van der Waals surface area contributed by atoms with E-state index >= 15 is 0 Å². The number of carbonyl (C=O) groups is 1. The van der Waals surface area contributed by atoms with Crippen LogP contribution in [0.5, 0.6) is 5.75 Å². The molecule has 1 heterocycles. The third-order valence-corrected chi connectivity index (χ3v) is 7.78. The number of hydrogen-bond acceptors (Lipinski definition) is 4. The van der Waals surface area contributed by atoms with E-state index in [1.807, 2.05) is 12.1 Å². The SMILES string of the molecule is COc1cc2c(cc1N)C(CC(=O)C13CC4CC(CC(C4)C1)C3)=NC(C)(C)C2. The van der Waals surface area contributed by atoms with Gasteiger partial charge >= 0.3 is 0 Å². The summed E-state index contributed by atoms with van der Waals surface area (Å²) in [7, 11) is 1.65. The maximum atomic E-state index is 13.7. The lowest BCUT2D eigenvalue weighted by Crippen LogP contribution is -2.50. The van der Waals surface area contributed by atoms with E-state index in [1.54, 1.807) is 7.11 Å². The molecule has 0 radical (unpaired) electrons. The maximum absolute atomic E-state index is 13.7. The van der Waals surface area contributed by atoms with Gasteiger partial charge in [0.2, 0.25) is 0 Å². The molecule has 4 saturated carbocycles. The normalized spacial score (nSPS) is 34.7. The number of benzene rings is 1. The van der Waals surface area contributed by atoms with Crippen molar-refractivity contribution in [2.75, 3.05) is 12.8 Å². The first-order valence-corrected chi connectivity index (χ1v) is 10.9. The van der Waals surface area contributed by atoms with Crippen LogP contribution >= 0.6 is 0 Å². The Bertz CT molecular complexity index is 832. The van der Waals surface area contributed by atoms with Crippen LogP contribution in [0.3, 0.4) is 0 Å². The fourth-order valence-corrected chi connectivity index (χ4v) is 7.09. The number of anilines is 1. The summed E-state index contributed by atoms with van der Waals surface area (Å²) in [5.74, 6) is 3.50. The number of carbonyl (C=O) groups excluding carboxylic acids is 1. The van der Waals surface area contributed by atoms with Gasteiger partial charge in [-0.3, -0.25) is 9.79 Å². The largest absolute Gasteiger partial charge is 0.495 e. The number of Topliss-reactive ketones (excluding diaryl/α,β-unsaturated/α-hetero) is 1. The van der Waals surface area contributed by atoms with Gasteiger partial charge in [-0.2, -0.15) is 0 Å². The number of nitrogens with two attached hydrogens (primary N) is 1. The number of ether oxygens (including phenoxy) is 1. The van der Waals surface area contributed by atoms with Gasteiger partial charge in [0.05, 0.1) is 24.0 Å². The first-order valence-electron chi connectivity index (χ1n) is 10.9. The number of hydrogen-bond donors (Lipinski definition) is 1. The Balaban J connectivity index is 1.47. The molecule has 1 aromatic carbocycles. The van der Waals surface area contributed by atoms with Gasteiger partial charge in [0.15, 0.2) is 0 Å². The van der Waals surface area contributed by atoms with Crippen LogP contribution in [0, 0.1) is 23.2 Å². The van der Waals surface area contributed by atoms with Crippen LogP contribution in [-0.4, -0.2) is 24.1 Å². The van der Waals surface area contributed by atoms with Crippen molar-refractivity contribution in [1.82, 2.24) is 0 Å². The van der Waals surface area contributed by atoms with E-state index in [0.29, 0.717) is 23.6 Å². The Kier molecular flexibility index (Phi) is 3.95. The van der Waals surface area contributed by atoms with Crippen molar-refractivity contribution in [1.29, 1.82) is 0 Å². The lowest BCUT2D eigenvalue weighted by Gasteiger charge is -2.56. The summed E-state index contributed by atoms with van der Waals surface area (Å²) in [4.78, 5) is 18.7. The highest BCUT2D eigenvalue weighted by molar-refractivity contribution is 6.14. The van der Waals surface area contributed by atoms with Crippen LogP contribution in [0.2, 0.25) is 0 Å². The monoisotopic (exact) mass is 380 g/mol. The third kappa shape index (κ3) is 2.87. The highest BCUT2D eigenvalue weighted by atomic mass is 16.5. The second kappa shape index (κ2) is 6.08. The van der Waals surface area contributed by atoms with Gasteiger partial charge in [0.1, 0.15) is 11.5 Å². The summed E-state index contributed by atoms with van der Waals surface area (Å²) in [6, 6.07) is 4.01. The molecule has 0 aromatic heterocycles. The molecule has 0 unspecified atom stereocenters. The van der Waals surface area contributed by atoms with Gasteiger partial charge in [-0.25, -0.2) is 0 Å². The zero-order valence-corrected chi connectivity index (χ0v) is 17.4. The number of aliphatic imine (C=N–C) groups is 1. The Morgan fingerprint density at radius 1 is 1.14 bits per heavy atom. The number of ketones is 1. The van der Waals surface area contributed by atoms with E-state index < -0.39 is 0 Å². The van der Waals surface area contributed by atoms with Crippen LogP contribution in [0.15, 0.2) is 17.1 Å². The number of nitrogen functional groups attached to an aromatic ring is 1. The van der Waals surface area contributed by atoms with Crippen molar-refractivity contribution < 1.29 is 9.53 Å². The van der Waals surface area contributed by atoms with Crippen LogP contribution in [0.4, 0.5) is 5.69 Å². The van der Waals surface area contributed by atoms with E-state index in [-0.39, 0.29) is 11.0 Å². The fourth-order valence-electron chi connectivity index (χ4n) is 7.09. The Morgan fingerprint density at radius 3 is 2.32 bits per heavy atom. The van der Waals surface area contributed by atoms with Gasteiger partial charge in [-0.1, -0.05) is 0 Å². The molecule has 150 valence electrons. The topological polar surface area (TPSA) is 64.7 Å². The first kappa shape index (κ1) is 18.2. The zero-order valence-electron chi connectivity index (χ0n) is 17.4. The number of fused-ring (bicyclic) bond motifs is 1. The van der Waals surface area contributed by atoms with Gasteiger partial charge in [-0.15, -0.1) is 0 Å². The molecule has 0 amide bonds. The molecule has 4 nitrogen and oxygen atoms in total. The van der Waals surface area contributed by atoms with Gasteiger partial charge in [0.25, 0.3) is 0 Å². The Hall–Kier alpha value is -1.84. The summed E-state index contributed by atoms with van der Waals surface area (Å²) in [5.41, 5.74) is 9.72. The van der Waals surface area contributed by atoms with Crippen molar-refractivity contribution in [2.45, 2.75) is 70.8 Å². The van der Waals surface area contributed by atoms with Gasteiger partial charge in [-0.05, 0) is 94.2 Å². The second-order valence-electron chi connectivity index (χ2n) is 10.6. The standard InChI is InChI=1S/C24H32N2O2/c1-23(2)13-17-7-21(28-3)19(25)8-18(17)20(26-23)9-22(27)24-10-14-4-15(11-24)6-16(5-14)12-24/h7-8,14-16H,4-6,9-13,25H2,1-3H3. The van der Waals surface area contributed by atoms with Gasteiger partial charge in [0, 0.05) is 17.4 Å². The molecule has 0 spiro atoms. The Morgan fingerprint density at radius 2 is 1.75 bits per heavy atom. The molecule has 5 aliphatic rings. The lowest BCUT2D eigenvalue weighted by atomic mass is 9.48. The minimum absolute atomic E-state index is 0.0724. The molecule has 2 N–H and O–H groups in total. The highest BCUT2D eigenvalue weighted by Gasteiger charge is 2.54. The molecule has 28 heavy (non-hydrogen) atoms. The predicted octanol–water partition coefficient (Wildman–Crippen LogP) is 4.58. The van der Waals surface area contributed by atoms with Crippen molar-refractivity contribution in [3.63, 3.8) is 0 Å². The average Bonchev–Trinajstić information content (AvgIpc) is 2.60. The van der Waals surface area contributed by atoms with Crippen LogP contribution in [-0.2, 0) is 11.2 Å². The molecular weight excluding hydrogens is 348 g/mol. The molecule has 4 heteroatoms. The van der Waals surface area contributed by atoms with Crippen LogP contribution in [0.1, 0.15) is 69.9 Å². The van der Waals surface area contributed by atoms with Crippen molar-refractivity contribution in [2.24, 2.45) is 28.2 Å². The van der Waals surface area contributed by atoms with Crippen molar-refractivity contribution >= 4 is 17.2 Å². The number of rotatable bonds is 4. The molecule has 1 aliphatic heterocycles. The average molecular weight is 381 g/mol. The molecule has 0 saturated heterocycles. The summed E-state index contributed by atoms with van der Waals surface area (Å²) >= 11 is 0. The van der Waals surface area contributed by atoms with E-state index in [1.165, 1.54) is 24.8 Å². The van der Waals surface area contributed by atoms with Gasteiger partial charge < -0.3 is 10.5 Å². The lowest BCUT2D eigenvalue weighted by molar-refractivity contribution is -0.142.